The van der Waals surface area contributed by atoms with E-state index in [1.165, 1.54) is 28.9 Å². The highest BCUT2D eigenvalue weighted by atomic mass is 19.1. The number of urea groups is 1. The topological polar surface area (TPSA) is 169 Å². The summed E-state index contributed by atoms with van der Waals surface area (Å²) in [6.45, 7) is 7.97. The highest BCUT2D eigenvalue weighted by Crippen LogP contribution is 2.35. The van der Waals surface area contributed by atoms with Crippen molar-refractivity contribution in [3.8, 4) is 22.4 Å². The molecule has 312 valence electrons. The summed E-state index contributed by atoms with van der Waals surface area (Å²) in [7, 11) is 1.85. The molecule has 2 saturated heterocycles. The van der Waals surface area contributed by atoms with Crippen LogP contribution in [-0.4, -0.2) is 76.9 Å². The van der Waals surface area contributed by atoms with E-state index < -0.39 is 23.2 Å². The van der Waals surface area contributed by atoms with Crippen LogP contribution >= 0.6 is 0 Å². The lowest BCUT2D eigenvalue weighted by Gasteiger charge is -2.32. The Labute approximate surface area is 348 Å². The minimum absolute atomic E-state index is 0.0848. The molecule has 0 saturated carbocycles. The van der Waals surface area contributed by atoms with E-state index in [-0.39, 0.29) is 42.6 Å². The molecule has 2 N–H and O–H groups in total. The van der Waals surface area contributed by atoms with Crippen molar-refractivity contribution in [1.82, 2.24) is 50.1 Å². The van der Waals surface area contributed by atoms with E-state index in [1.54, 1.807) is 27.5 Å². The van der Waals surface area contributed by atoms with Gasteiger partial charge in [-0.2, -0.15) is 15.2 Å². The van der Waals surface area contributed by atoms with Crippen LogP contribution in [-0.2, 0) is 30.3 Å². The number of hydrogen-bond donors (Lipinski definition) is 2. The Morgan fingerprint density at radius 1 is 0.918 bits per heavy atom. The molecule has 7 aromatic rings. The minimum atomic E-state index is -0.577. The van der Waals surface area contributed by atoms with Gasteiger partial charge in [0.15, 0.2) is 5.82 Å². The third-order valence-electron chi connectivity index (χ3n) is 11.4. The van der Waals surface area contributed by atoms with Crippen molar-refractivity contribution < 1.29 is 27.7 Å². The summed E-state index contributed by atoms with van der Waals surface area (Å²) in [5.74, 6) is -0.624. The smallest absolute Gasteiger partial charge is 0.329 e. The number of likely N-dealkylation sites (tertiary alicyclic amines) is 1. The number of nitrogens with zero attached hydrogens (tertiary/aromatic N) is 9. The normalized spacial score (nSPS) is 15.5. The van der Waals surface area contributed by atoms with Crippen LogP contribution in [0.4, 0.5) is 19.4 Å². The number of benzene rings is 3. The van der Waals surface area contributed by atoms with Crippen LogP contribution in [0.15, 0.2) is 77.7 Å². The molecule has 0 bridgehead atoms. The van der Waals surface area contributed by atoms with E-state index in [9.17, 15) is 14.4 Å². The molecule has 4 amide bonds. The first-order valence-corrected chi connectivity index (χ1v) is 20.1. The lowest BCUT2D eigenvalue weighted by atomic mass is 9.88. The van der Waals surface area contributed by atoms with Crippen molar-refractivity contribution in [3.63, 3.8) is 0 Å². The Balaban J connectivity index is 0.836. The zero-order valence-corrected chi connectivity index (χ0v) is 34.1. The molecule has 61 heavy (non-hydrogen) atoms. The molecular formula is C44H43F2N11O4. The Bertz CT molecular complexity index is 2850. The molecule has 17 heteroatoms. The molecule has 0 unspecified atom stereocenters. The van der Waals surface area contributed by atoms with E-state index in [2.05, 4.69) is 53.0 Å². The Morgan fingerprint density at radius 3 is 2.41 bits per heavy atom. The van der Waals surface area contributed by atoms with E-state index in [0.29, 0.717) is 52.1 Å². The highest BCUT2D eigenvalue weighted by molar-refractivity contribution is 6.08. The van der Waals surface area contributed by atoms with Gasteiger partial charge < -0.3 is 9.84 Å². The number of piperidine rings is 1. The zero-order valence-electron chi connectivity index (χ0n) is 34.1. The number of amides is 4. The first-order chi connectivity index (χ1) is 29.3. The number of anilines is 1. The number of aromatic nitrogens is 7. The van der Waals surface area contributed by atoms with Gasteiger partial charge in [-0.05, 0) is 73.3 Å². The van der Waals surface area contributed by atoms with E-state index in [0.717, 1.165) is 42.4 Å². The predicted molar refractivity (Wildman–Crippen MR) is 221 cm³/mol. The fourth-order valence-corrected chi connectivity index (χ4v) is 8.02. The summed E-state index contributed by atoms with van der Waals surface area (Å²) < 4.78 is 39.7. The average molecular weight is 828 g/mol. The molecule has 9 rings (SSSR count). The van der Waals surface area contributed by atoms with Crippen LogP contribution in [0.3, 0.4) is 0 Å². The molecular weight excluding hydrogens is 785 g/mol. The molecule has 2 fully saturated rings. The van der Waals surface area contributed by atoms with Gasteiger partial charge in [0.2, 0.25) is 11.8 Å². The largest absolute Gasteiger partial charge is 0.345 e. The molecule has 2 aliphatic rings. The first kappa shape index (κ1) is 39.6. The van der Waals surface area contributed by atoms with Crippen LogP contribution in [0.25, 0.3) is 38.8 Å². The van der Waals surface area contributed by atoms with Crippen LogP contribution in [0.1, 0.15) is 79.2 Å². The number of halogens is 2. The molecule has 0 radical (unpaired) electrons. The second-order valence-corrected chi connectivity index (χ2v) is 16.7. The molecule has 4 aromatic heterocycles. The van der Waals surface area contributed by atoms with Gasteiger partial charge in [-0.25, -0.2) is 23.1 Å². The van der Waals surface area contributed by atoms with E-state index >= 15 is 8.78 Å². The highest BCUT2D eigenvalue weighted by Gasteiger charge is 2.29. The van der Waals surface area contributed by atoms with Gasteiger partial charge in [0.1, 0.15) is 18.0 Å². The number of nitrogens with one attached hydrogen (secondary N) is 2. The molecule has 3 aromatic carbocycles. The summed E-state index contributed by atoms with van der Waals surface area (Å²) >= 11 is 0. The number of aryl methyl sites for hydroxylation is 1. The maximum absolute atomic E-state index is 15.7. The van der Waals surface area contributed by atoms with Crippen molar-refractivity contribution in [3.05, 3.63) is 113 Å². The maximum Gasteiger partial charge on any atom is 0.329 e. The lowest BCUT2D eigenvalue weighted by molar-refractivity contribution is -0.120. The predicted octanol–water partition coefficient (Wildman–Crippen LogP) is 6.66. The number of rotatable bonds is 9. The van der Waals surface area contributed by atoms with Crippen LogP contribution in [0, 0.1) is 11.6 Å². The van der Waals surface area contributed by atoms with Gasteiger partial charge in [-0.1, -0.05) is 56.3 Å². The summed E-state index contributed by atoms with van der Waals surface area (Å²) in [6.07, 6.45) is 5.23. The van der Waals surface area contributed by atoms with Crippen LogP contribution in [0.2, 0.25) is 0 Å². The monoisotopic (exact) mass is 827 g/mol. The Hall–Kier alpha value is -6.88. The minimum Gasteiger partial charge on any atom is -0.345 e. The van der Waals surface area contributed by atoms with Gasteiger partial charge in [0, 0.05) is 72.4 Å². The second kappa shape index (κ2) is 15.6. The second-order valence-electron chi connectivity index (χ2n) is 16.7. The van der Waals surface area contributed by atoms with Crippen molar-refractivity contribution in [1.29, 1.82) is 0 Å². The third kappa shape index (κ3) is 7.83. The zero-order chi connectivity index (χ0) is 42.6. The lowest BCUT2D eigenvalue weighted by Crippen LogP contribution is -2.49. The van der Waals surface area contributed by atoms with Crippen molar-refractivity contribution in [2.45, 2.75) is 64.5 Å². The van der Waals surface area contributed by atoms with Crippen LogP contribution in [0.5, 0.6) is 0 Å². The first-order valence-electron chi connectivity index (χ1n) is 20.1. The number of hydrogen-bond acceptors (Lipinski definition) is 10. The molecule has 2 aliphatic heterocycles. The Morgan fingerprint density at radius 2 is 1.67 bits per heavy atom. The van der Waals surface area contributed by atoms with Gasteiger partial charge in [-0.15, -0.1) is 0 Å². The number of imide groups is 1. The SMILES string of the molecule is Cn1nc(N2CCC(=O)NC2=O)c2ccc(C3CCN(Cc4ccc(-c5cc6c(-c7ccc(CNC(=O)c8noc(C(C)(C)C)n8)c(F)c7)ncnn6c5)cc4F)CC3)cc21. The summed E-state index contributed by atoms with van der Waals surface area (Å²) in [6, 6.07) is 17.6. The average Bonchev–Trinajstić information content (AvgIpc) is 3.99. The van der Waals surface area contributed by atoms with Crippen LogP contribution < -0.4 is 15.5 Å². The van der Waals surface area contributed by atoms with E-state index in [4.69, 9.17) is 4.52 Å². The van der Waals surface area contributed by atoms with Gasteiger partial charge in [-0.3, -0.25) is 29.4 Å². The van der Waals surface area contributed by atoms with Gasteiger partial charge >= 0.3 is 6.03 Å². The molecule has 6 heterocycles. The molecule has 15 nitrogen and oxygen atoms in total. The Kier molecular flexibility index (Phi) is 10.1. The van der Waals surface area contributed by atoms with Crippen molar-refractivity contribution in [2.24, 2.45) is 7.05 Å². The van der Waals surface area contributed by atoms with E-state index in [1.807, 2.05) is 52.1 Å². The van der Waals surface area contributed by atoms with Crippen molar-refractivity contribution in [2.75, 3.05) is 24.5 Å². The quantitative estimate of drug-likeness (QED) is 0.161. The maximum atomic E-state index is 15.7. The molecule has 0 aliphatic carbocycles. The number of carbonyl (C=O) groups is 3. The molecule has 0 spiro atoms. The number of carbonyl (C=O) groups excluding carboxylic acids is 3. The summed E-state index contributed by atoms with van der Waals surface area (Å²) in [5.41, 5.74) is 5.60. The summed E-state index contributed by atoms with van der Waals surface area (Å²) in [4.78, 5) is 49.2. The third-order valence-corrected chi connectivity index (χ3v) is 11.4. The standard InChI is InChI=1S/C44H43F2N11O4/c1-44(2,3)42-51-39(53-61-42)41(59)47-21-29-7-6-28(18-33(29)45)38-36-20-31(23-57(36)49-24-48-38)26-5-8-30(34(46)17-26)22-55-14-11-25(12-15-55)27-9-10-32-35(19-27)54(4)52-40(32)56-16-13-37(58)50-43(56)60/h5-10,17-20,23-25H,11-16,21-22H2,1-4H3,(H,47,59)(H,50,58,60). The fourth-order valence-electron chi connectivity index (χ4n) is 8.02. The van der Waals surface area contributed by atoms with Gasteiger partial charge in [0.25, 0.3) is 11.7 Å². The number of fused-ring (bicyclic) bond motifs is 2. The molecule has 0 atom stereocenters. The van der Waals surface area contributed by atoms with Crippen molar-refractivity contribution >= 4 is 40.1 Å². The fraction of sp³-hybridized carbons (Fsp3) is 0.318. The van der Waals surface area contributed by atoms with Gasteiger partial charge in [0.05, 0.1) is 16.7 Å². The summed E-state index contributed by atoms with van der Waals surface area (Å²) in [5, 5.41) is 18.6.